The van der Waals surface area contributed by atoms with Crippen molar-refractivity contribution in [3.63, 3.8) is 0 Å². The highest BCUT2D eigenvalue weighted by Gasteiger charge is 2.20. The smallest absolute Gasteiger partial charge is 0.0462 e. The first kappa shape index (κ1) is 19.4. The minimum absolute atomic E-state index is 0.285. The molecule has 0 radical (unpaired) electrons. The molecule has 0 saturated carbocycles. The molecule has 1 aromatic rings. The fraction of sp³-hybridized carbons (Fsp3) is 0.714. The van der Waals surface area contributed by atoms with Crippen molar-refractivity contribution in [2.24, 2.45) is 11.7 Å². The normalized spacial score (nSPS) is 18.4. The summed E-state index contributed by atoms with van der Waals surface area (Å²) < 4.78 is 5.14. The fourth-order valence-corrected chi connectivity index (χ4v) is 3.95. The summed E-state index contributed by atoms with van der Waals surface area (Å²) in [5.41, 5.74) is 10.5. The number of rotatable bonds is 11. The predicted octanol–water partition coefficient (Wildman–Crippen LogP) is 3.81. The van der Waals surface area contributed by atoms with Crippen LogP contribution in [0.3, 0.4) is 0 Å². The lowest BCUT2D eigenvalue weighted by atomic mass is 9.79. The predicted molar refractivity (Wildman–Crippen MR) is 100 cm³/mol. The summed E-state index contributed by atoms with van der Waals surface area (Å²) in [7, 11) is 1.78. The molecule has 0 bridgehead atoms. The summed E-state index contributed by atoms with van der Waals surface area (Å²) in [6.07, 6.45) is 10.6. The maximum absolute atomic E-state index is 8.96. The number of aliphatic hydroxyl groups excluding tert-OH is 1. The summed E-state index contributed by atoms with van der Waals surface area (Å²) >= 11 is 0. The van der Waals surface area contributed by atoms with Crippen LogP contribution in [0.15, 0.2) is 18.2 Å². The fourth-order valence-electron chi connectivity index (χ4n) is 3.95. The summed E-state index contributed by atoms with van der Waals surface area (Å²) in [5, 5.41) is 8.96. The van der Waals surface area contributed by atoms with Gasteiger partial charge in [-0.3, -0.25) is 0 Å². The number of fused-ring (bicyclic) bond motifs is 1. The monoisotopic (exact) mass is 333 g/mol. The van der Waals surface area contributed by atoms with E-state index >= 15 is 0 Å². The Hall–Kier alpha value is -0.900. The highest BCUT2D eigenvalue weighted by molar-refractivity contribution is 5.36. The van der Waals surface area contributed by atoms with Gasteiger partial charge in [0.05, 0.1) is 0 Å². The van der Waals surface area contributed by atoms with Crippen LogP contribution in [-0.4, -0.2) is 32.0 Å². The van der Waals surface area contributed by atoms with E-state index in [0.717, 1.165) is 31.8 Å². The lowest BCUT2D eigenvalue weighted by Crippen LogP contribution is -2.17. The summed E-state index contributed by atoms with van der Waals surface area (Å²) in [6.45, 7) is 1.88. The second kappa shape index (κ2) is 10.9. The van der Waals surface area contributed by atoms with E-state index in [1.54, 1.807) is 18.2 Å². The first-order valence-corrected chi connectivity index (χ1v) is 9.70. The van der Waals surface area contributed by atoms with Gasteiger partial charge >= 0.3 is 0 Å². The van der Waals surface area contributed by atoms with Crippen molar-refractivity contribution in [1.82, 2.24) is 0 Å². The van der Waals surface area contributed by atoms with Crippen molar-refractivity contribution < 1.29 is 9.84 Å². The van der Waals surface area contributed by atoms with Crippen molar-refractivity contribution >= 4 is 0 Å². The molecular formula is C21H35NO2. The van der Waals surface area contributed by atoms with Gasteiger partial charge in [0.1, 0.15) is 0 Å². The number of aliphatic hydroxyl groups is 1. The molecule has 0 aromatic heterocycles. The number of benzene rings is 1. The molecule has 3 heteroatoms. The molecule has 0 spiro atoms. The number of hydrogen-bond donors (Lipinski definition) is 2. The molecule has 2 atom stereocenters. The maximum atomic E-state index is 8.96. The highest BCUT2D eigenvalue weighted by Crippen LogP contribution is 2.31. The highest BCUT2D eigenvalue weighted by atomic mass is 16.5. The molecule has 0 saturated heterocycles. The third kappa shape index (κ3) is 5.87. The molecular weight excluding hydrogens is 298 g/mol. The average molecular weight is 334 g/mol. The number of nitrogens with two attached hydrogens (primary N) is 1. The number of ether oxygens (including phenoxy) is 1. The molecule has 3 N–H and O–H groups in total. The van der Waals surface area contributed by atoms with Crippen LogP contribution >= 0.6 is 0 Å². The van der Waals surface area contributed by atoms with Crippen LogP contribution < -0.4 is 5.73 Å². The molecule has 136 valence electrons. The van der Waals surface area contributed by atoms with E-state index in [-0.39, 0.29) is 6.61 Å². The minimum Gasteiger partial charge on any atom is -0.396 e. The van der Waals surface area contributed by atoms with Gasteiger partial charge in [-0.2, -0.15) is 0 Å². The number of hydrogen-bond acceptors (Lipinski definition) is 3. The van der Waals surface area contributed by atoms with Gasteiger partial charge in [0.25, 0.3) is 0 Å². The molecule has 1 aliphatic carbocycles. The Bertz CT molecular complexity index is 475. The van der Waals surface area contributed by atoms with Crippen LogP contribution in [0.2, 0.25) is 0 Å². The van der Waals surface area contributed by atoms with Gasteiger partial charge in [0.15, 0.2) is 0 Å². The zero-order chi connectivity index (χ0) is 17.2. The molecule has 1 aromatic carbocycles. The largest absolute Gasteiger partial charge is 0.396 e. The first-order valence-electron chi connectivity index (χ1n) is 9.70. The molecule has 1 aliphatic rings. The first-order chi connectivity index (χ1) is 11.8. The zero-order valence-corrected chi connectivity index (χ0v) is 15.3. The van der Waals surface area contributed by atoms with E-state index in [1.807, 2.05) is 0 Å². The Kier molecular flexibility index (Phi) is 8.79. The van der Waals surface area contributed by atoms with E-state index < -0.39 is 0 Å². The molecule has 0 heterocycles. The Morgan fingerprint density at radius 1 is 1.21 bits per heavy atom. The Labute approximate surface area is 147 Å². The van der Waals surface area contributed by atoms with Crippen LogP contribution in [0, 0.1) is 5.92 Å². The number of unbranched alkanes of at least 4 members (excludes halogenated alkanes) is 2. The van der Waals surface area contributed by atoms with Crippen molar-refractivity contribution in [2.45, 2.75) is 63.7 Å². The molecule has 1 unspecified atom stereocenters. The van der Waals surface area contributed by atoms with E-state index in [2.05, 4.69) is 18.2 Å². The van der Waals surface area contributed by atoms with Crippen molar-refractivity contribution in [2.75, 3.05) is 26.9 Å². The van der Waals surface area contributed by atoms with Crippen molar-refractivity contribution in [1.29, 1.82) is 0 Å². The van der Waals surface area contributed by atoms with Gasteiger partial charge < -0.3 is 15.6 Å². The quantitative estimate of drug-likeness (QED) is 0.605. The second-order valence-electron chi connectivity index (χ2n) is 7.28. The van der Waals surface area contributed by atoms with Gasteiger partial charge in [-0.25, -0.2) is 0 Å². The van der Waals surface area contributed by atoms with Crippen LogP contribution in [0.1, 0.15) is 67.6 Å². The minimum atomic E-state index is 0.285. The third-order valence-electron chi connectivity index (χ3n) is 5.49. The van der Waals surface area contributed by atoms with Crippen LogP contribution in [0.5, 0.6) is 0 Å². The van der Waals surface area contributed by atoms with Gasteiger partial charge in [0.2, 0.25) is 0 Å². The van der Waals surface area contributed by atoms with Crippen molar-refractivity contribution in [3.05, 3.63) is 34.9 Å². The molecule has 0 fully saturated rings. The molecule has 3 nitrogen and oxygen atoms in total. The van der Waals surface area contributed by atoms with Gasteiger partial charge in [-0.05, 0) is 73.6 Å². The van der Waals surface area contributed by atoms with Crippen LogP contribution in [0.25, 0.3) is 0 Å². The number of aryl methyl sites for hydroxylation is 1. The summed E-state index contributed by atoms with van der Waals surface area (Å²) in [6, 6.07) is 7.05. The maximum Gasteiger partial charge on any atom is 0.0462 e. The van der Waals surface area contributed by atoms with E-state index in [4.69, 9.17) is 15.6 Å². The molecule has 0 amide bonds. The van der Waals surface area contributed by atoms with Gasteiger partial charge in [0, 0.05) is 20.3 Å². The van der Waals surface area contributed by atoms with Gasteiger partial charge in [-0.1, -0.05) is 37.5 Å². The van der Waals surface area contributed by atoms with E-state index in [1.165, 1.54) is 44.1 Å². The second-order valence-corrected chi connectivity index (χ2v) is 7.28. The Morgan fingerprint density at radius 3 is 2.83 bits per heavy atom. The number of methoxy groups -OCH3 is 1. The van der Waals surface area contributed by atoms with Gasteiger partial charge in [-0.15, -0.1) is 0 Å². The summed E-state index contributed by atoms with van der Waals surface area (Å²) in [4.78, 5) is 0. The molecule has 2 rings (SSSR count). The third-order valence-corrected chi connectivity index (χ3v) is 5.49. The zero-order valence-electron chi connectivity index (χ0n) is 15.3. The topological polar surface area (TPSA) is 55.5 Å². The van der Waals surface area contributed by atoms with E-state index in [0.29, 0.717) is 12.5 Å². The van der Waals surface area contributed by atoms with Crippen molar-refractivity contribution in [3.8, 4) is 0 Å². The SMILES string of the molecule is COCCCCC1CCc2cc([C@H](CN)CCCCO)ccc2C1. The van der Waals surface area contributed by atoms with E-state index in [9.17, 15) is 0 Å². The average Bonchev–Trinajstić information content (AvgIpc) is 2.62. The molecule has 0 aliphatic heterocycles. The Balaban J connectivity index is 1.90. The van der Waals surface area contributed by atoms with Crippen LogP contribution in [-0.2, 0) is 17.6 Å². The lowest BCUT2D eigenvalue weighted by Gasteiger charge is -2.26. The summed E-state index contributed by atoms with van der Waals surface area (Å²) in [5.74, 6) is 1.28. The molecule has 24 heavy (non-hydrogen) atoms. The Morgan fingerprint density at radius 2 is 2.08 bits per heavy atom. The van der Waals surface area contributed by atoms with Crippen LogP contribution in [0.4, 0.5) is 0 Å². The standard InChI is InChI=1S/C21H35NO2/c1-24-13-5-3-6-17-8-9-19-15-20(11-10-18(19)14-17)21(16-22)7-2-4-12-23/h10-11,15,17,21,23H,2-9,12-14,16,22H2,1H3/t17?,21-/m0/s1. The lowest BCUT2D eigenvalue weighted by molar-refractivity contribution is 0.189.